The first-order valence-corrected chi connectivity index (χ1v) is 9.11. The van der Waals surface area contributed by atoms with Crippen molar-refractivity contribution in [2.75, 3.05) is 12.0 Å². The van der Waals surface area contributed by atoms with Gasteiger partial charge in [0.1, 0.15) is 4.99 Å². The summed E-state index contributed by atoms with van der Waals surface area (Å²) < 4.78 is 27.4. The lowest BCUT2D eigenvalue weighted by Gasteiger charge is -2.17. The Morgan fingerprint density at radius 3 is 2.63 bits per heavy atom. The van der Waals surface area contributed by atoms with Crippen LogP contribution in [0.15, 0.2) is 29.2 Å². The van der Waals surface area contributed by atoms with Gasteiger partial charge in [-0.05, 0) is 18.7 Å². The highest BCUT2D eigenvalue weighted by Crippen LogP contribution is 2.16. The summed E-state index contributed by atoms with van der Waals surface area (Å²) >= 11 is 6.50. The van der Waals surface area contributed by atoms with Crippen molar-refractivity contribution >= 4 is 39.0 Å². The molecule has 0 fully saturated rings. The molecule has 1 aromatic carbocycles. The zero-order chi connectivity index (χ0) is 14.5. The van der Waals surface area contributed by atoms with E-state index in [1.807, 2.05) is 13.2 Å². The van der Waals surface area contributed by atoms with Crippen LogP contribution >= 0.6 is 24.0 Å². The minimum atomic E-state index is -3.60. The Morgan fingerprint density at radius 2 is 2.11 bits per heavy atom. The normalized spacial score (nSPS) is 13.2. The van der Waals surface area contributed by atoms with Crippen molar-refractivity contribution in [2.45, 2.75) is 24.3 Å². The van der Waals surface area contributed by atoms with Crippen LogP contribution in [-0.4, -0.2) is 31.5 Å². The molecule has 1 aromatic rings. The minimum absolute atomic E-state index is 0.0823. The van der Waals surface area contributed by atoms with Crippen LogP contribution in [0.5, 0.6) is 0 Å². The number of nitrogens with two attached hydrogens (primary N) is 1. The molecule has 0 heterocycles. The number of thioether (sulfide) groups is 1. The van der Waals surface area contributed by atoms with Crippen molar-refractivity contribution in [1.82, 2.24) is 4.72 Å². The summed E-state index contributed by atoms with van der Waals surface area (Å²) in [7, 11) is -3.60. The standard InChI is InChI=1S/C12H18N2O2S3/c1-3-9(8-18-2)14-19(15,16)11-7-5-4-6-10(11)12(13)17/h4-7,9,14H,3,8H2,1-2H3,(H2,13,17). The molecule has 0 aliphatic carbocycles. The quantitative estimate of drug-likeness (QED) is 0.749. The van der Waals surface area contributed by atoms with E-state index in [-0.39, 0.29) is 15.9 Å². The predicted molar refractivity (Wildman–Crippen MR) is 85.1 cm³/mol. The Kier molecular flexibility index (Phi) is 6.25. The molecule has 1 unspecified atom stereocenters. The number of thiocarbonyl (C=S) groups is 1. The predicted octanol–water partition coefficient (Wildman–Crippen LogP) is 1.74. The van der Waals surface area contributed by atoms with Gasteiger partial charge in [-0.1, -0.05) is 37.3 Å². The third-order valence-corrected chi connectivity index (χ3v) is 5.16. The van der Waals surface area contributed by atoms with Crippen LogP contribution in [-0.2, 0) is 10.0 Å². The summed E-state index contributed by atoms with van der Waals surface area (Å²) in [5, 5.41) is 0. The zero-order valence-corrected chi connectivity index (χ0v) is 13.4. The van der Waals surface area contributed by atoms with Crippen molar-refractivity contribution in [1.29, 1.82) is 0 Å². The second kappa shape index (κ2) is 7.23. The van der Waals surface area contributed by atoms with Crippen LogP contribution in [0.4, 0.5) is 0 Å². The summed E-state index contributed by atoms with van der Waals surface area (Å²) in [6.45, 7) is 1.95. The molecule has 1 rings (SSSR count). The number of nitrogens with one attached hydrogen (secondary N) is 1. The summed E-state index contributed by atoms with van der Waals surface area (Å²) in [5.41, 5.74) is 5.95. The second-order valence-electron chi connectivity index (χ2n) is 4.04. The Balaban J connectivity index is 3.10. The molecule has 0 amide bonds. The maximum absolute atomic E-state index is 12.4. The Labute approximate surface area is 124 Å². The fraction of sp³-hybridized carbons (Fsp3) is 0.417. The minimum Gasteiger partial charge on any atom is -0.389 e. The molecular formula is C12H18N2O2S3. The van der Waals surface area contributed by atoms with Gasteiger partial charge in [0.2, 0.25) is 10.0 Å². The lowest BCUT2D eigenvalue weighted by Crippen LogP contribution is -2.37. The highest BCUT2D eigenvalue weighted by molar-refractivity contribution is 7.98. The van der Waals surface area contributed by atoms with E-state index in [0.29, 0.717) is 5.56 Å². The monoisotopic (exact) mass is 318 g/mol. The molecule has 0 radical (unpaired) electrons. The number of hydrogen-bond donors (Lipinski definition) is 2. The number of sulfonamides is 1. The lowest BCUT2D eigenvalue weighted by molar-refractivity contribution is 0.558. The van der Waals surface area contributed by atoms with Gasteiger partial charge in [0.05, 0.1) is 4.90 Å². The van der Waals surface area contributed by atoms with E-state index in [9.17, 15) is 8.42 Å². The fourth-order valence-electron chi connectivity index (χ4n) is 1.62. The highest BCUT2D eigenvalue weighted by atomic mass is 32.2. The van der Waals surface area contributed by atoms with E-state index in [1.165, 1.54) is 6.07 Å². The van der Waals surface area contributed by atoms with Gasteiger partial charge in [-0.3, -0.25) is 0 Å². The van der Waals surface area contributed by atoms with E-state index in [2.05, 4.69) is 4.72 Å². The van der Waals surface area contributed by atoms with E-state index in [1.54, 1.807) is 30.0 Å². The molecule has 0 aromatic heterocycles. The number of hydrogen-bond acceptors (Lipinski definition) is 4. The van der Waals surface area contributed by atoms with Crippen molar-refractivity contribution < 1.29 is 8.42 Å². The third-order valence-electron chi connectivity index (χ3n) is 2.62. The molecule has 19 heavy (non-hydrogen) atoms. The third kappa shape index (κ3) is 4.45. The van der Waals surface area contributed by atoms with Gasteiger partial charge in [-0.25, -0.2) is 13.1 Å². The Hall–Kier alpha value is -0.630. The smallest absolute Gasteiger partial charge is 0.241 e. The highest BCUT2D eigenvalue weighted by Gasteiger charge is 2.22. The summed E-state index contributed by atoms with van der Waals surface area (Å²) in [5.74, 6) is 0.727. The van der Waals surface area contributed by atoms with E-state index in [4.69, 9.17) is 18.0 Å². The second-order valence-corrected chi connectivity index (χ2v) is 7.08. The molecule has 1 atom stereocenters. The SMILES string of the molecule is CCC(CSC)NS(=O)(=O)c1ccccc1C(N)=S. The van der Waals surface area contributed by atoms with Crippen molar-refractivity contribution in [3.8, 4) is 0 Å². The fourth-order valence-corrected chi connectivity index (χ4v) is 4.23. The Morgan fingerprint density at radius 1 is 1.47 bits per heavy atom. The van der Waals surface area contributed by atoms with Gasteiger partial charge < -0.3 is 5.73 Å². The molecule has 0 spiro atoms. The average Bonchev–Trinajstić information content (AvgIpc) is 2.38. The number of rotatable bonds is 7. The zero-order valence-electron chi connectivity index (χ0n) is 10.9. The van der Waals surface area contributed by atoms with Gasteiger partial charge in [-0.15, -0.1) is 0 Å². The Bertz CT molecular complexity index is 544. The van der Waals surface area contributed by atoms with E-state index < -0.39 is 10.0 Å². The van der Waals surface area contributed by atoms with Crippen LogP contribution in [0, 0.1) is 0 Å². The van der Waals surface area contributed by atoms with E-state index >= 15 is 0 Å². The molecule has 0 aliphatic rings. The maximum atomic E-state index is 12.4. The molecule has 7 heteroatoms. The molecule has 3 N–H and O–H groups in total. The van der Waals surface area contributed by atoms with Gasteiger partial charge in [0.25, 0.3) is 0 Å². The molecule has 0 saturated carbocycles. The molecule has 0 bridgehead atoms. The molecular weight excluding hydrogens is 300 g/mol. The van der Waals surface area contributed by atoms with Gasteiger partial charge in [-0.2, -0.15) is 11.8 Å². The van der Waals surface area contributed by atoms with Crippen molar-refractivity contribution in [2.24, 2.45) is 5.73 Å². The van der Waals surface area contributed by atoms with Crippen LogP contribution in [0.25, 0.3) is 0 Å². The van der Waals surface area contributed by atoms with Crippen LogP contribution in [0.2, 0.25) is 0 Å². The first-order valence-electron chi connectivity index (χ1n) is 5.82. The molecule has 4 nitrogen and oxygen atoms in total. The molecule has 106 valence electrons. The number of benzene rings is 1. The van der Waals surface area contributed by atoms with Crippen LogP contribution < -0.4 is 10.5 Å². The largest absolute Gasteiger partial charge is 0.389 e. The summed E-state index contributed by atoms with van der Waals surface area (Å²) in [4.78, 5) is 0.223. The van der Waals surface area contributed by atoms with E-state index in [0.717, 1.165) is 12.2 Å². The van der Waals surface area contributed by atoms with Crippen molar-refractivity contribution in [3.63, 3.8) is 0 Å². The van der Waals surface area contributed by atoms with Crippen LogP contribution in [0.3, 0.4) is 0 Å². The first-order chi connectivity index (χ1) is 8.92. The lowest BCUT2D eigenvalue weighted by atomic mass is 10.2. The average molecular weight is 318 g/mol. The maximum Gasteiger partial charge on any atom is 0.241 e. The van der Waals surface area contributed by atoms with Gasteiger partial charge in [0, 0.05) is 17.4 Å². The van der Waals surface area contributed by atoms with Crippen molar-refractivity contribution in [3.05, 3.63) is 29.8 Å². The topological polar surface area (TPSA) is 72.2 Å². The first kappa shape index (κ1) is 16.4. The molecule has 0 aliphatic heterocycles. The van der Waals surface area contributed by atoms with Gasteiger partial charge in [0.15, 0.2) is 0 Å². The van der Waals surface area contributed by atoms with Gasteiger partial charge >= 0.3 is 0 Å². The molecule has 0 saturated heterocycles. The summed E-state index contributed by atoms with van der Waals surface area (Å²) in [6.07, 6.45) is 2.68. The summed E-state index contributed by atoms with van der Waals surface area (Å²) in [6, 6.07) is 6.41. The van der Waals surface area contributed by atoms with Crippen LogP contribution in [0.1, 0.15) is 18.9 Å².